The van der Waals surface area contributed by atoms with Gasteiger partial charge < -0.3 is 16.0 Å². The maximum Gasteiger partial charge on any atom is 0.224 e. The summed E-state index contributed by atoms with van der Waals surface area (Å²) in [6, 6.07) is 12.2. The molecule has 1 amide bonds. The number of nitrogens with zero attached hydrogens (tertiary/aromatic N) is 1. The Bertz CT molecular complexity index is 762. The van der Waals surface area contributed by atoms with Gasteiger partial charge in [0.05, 0.1) is 0 Å². The van der Waals surface area contributed by atoms with Crippen molar-refractivity contribution in [3.8, 4) is 0 Å². The Morgan fingerprint density at radius 3 is 2.59 bits per heavy atom. The van der Waals surface area contributed by atoms with Crippen LogP contribution in [0.4, 0.5) is 5.69 Å². The molecule has 0 saturated heterocycles. The van der Waals surface area contributed by atoms with Gasteiger partial charge >= 0.3 is 0 Å². The fourth-order valence-electron chi connectivity index (χ4n) is 2.86. The summed E-state index contributed by atoms with van der Waals surface area (Å²) >= 11 is 1.80. The molecule has 1 atom stereocenters. The Balaban J connectivity index is 0.00000420. The van der Waals surface area contributed by atoms with Crippen molar-refractivity contribution in [1.82, 2.24) is 10.6 Å². The first-order chi connectivity index (χ1) is 13.5. The summed E-state index contributed by atoms with van der Waals surface area (Å²) in [6.45, 7) is 7.83. The number of guanidine groups is 1. The molecule has 2 rings (SSSR count). The van der Waals surface area contributed by atoms with Crippen LogP contribution in [0.5, 0.6) is 0 Å². The lowest BCUT2D eigenvalue weighted by Crippen LogP contribution is -2.39. The summed E-state index contributed by atoms with van der Waals surface area (Å²) in [5.74, 6) is 1.71. The van der Waals surface area contributed by atoms with Crippen molar-refractivity contribution in [2.24, 2.45) is 16.8 Å². The van der Waals surface area contributed by atoms with Crippen LogP contribution in [0.25, 0.3) is 0 Å². The van der Waals surface area contributed by atoms with Gasteiger partial charge in [-0.3, -0.25) is 9.79 Å². The van der Waals surface area contributed by atoms with Gasteiger partial charge in [-0.2, -0.15) is 0 Å². The molecule has 0 aliphatic carbocycles. The molecule has 5 nitrogen and oxygen atoms in total. The molecule has 0 radical (unpaired) electrons. The van der Waals surface area contributed by atoms with Gasteiger partial charge in [0.15, 0.2) is 5.96 Å². The van der Waals surface area contributed by atoms with Gasteiger partial charge in [-0.15, -0.1) is 35.3 Å². The molecule has 0 spiro atoms. The van der Waals surface area contributed by atoms with Crippen molar-refractivity contribution >= 4 is 52.9 Å². The number of halogens is 1. The second kappa shape index (κ2) is 13.6. The molecule has 160 valence electrons. The molecule has 1 unspecified atom stereocenters. The molecular weight excluding hydrogens is 495 g/mol. The average Bonchev–Trinajstić information content (AvgIpc) is 3.14. The van der Waals surface area contributed by atoms with Crippen LogP contribution in [-0.4, -0.2) is 25.5 Å². The van der Waals surface area contributed by atoms with Crippen molar-refractivity contribution in [2.75, 3.05) is 18.9 Å². The fraction of sp³-hybridized carbons (Fsp3) is 0.455. The summed E-state index contributed by atoms with van der Waals surface area (Å²) < 4.78 is 0. The minimum absolute atomic E-state index is 0. The number of hydrogen-bond donors (Lipinski definition) is 3. The van der Waals surface area contributed by atoms with E-state index in [1.165, 1.54) is 4.88 Å². The maximum atomic E-state index is 12.0. The number of hydrogen-bond acceptors (Lipinski definition) is 3. The van der Waals surface area contributed by atoms with Crippen LogP contribution in [0, 0.1) is 11.8 Å². The molecule has 0 aliphatic heterocycles. The minimum atomic E-state index is 0. The lowest BCUT2D eigenvalue weighted by atomic mass is 10.1. The van der Waals surface area contributed by atoms with Gasteiger partial charge in [0.1, 0.15) is 0 Å². The average molecular weight is 529 g/mol. The predicted octanol–water partition coefficient (Wildman–Crippen LogP) is 4.89. The molecule has 3 N–H and O–H groups in total. The first-order valence-corrected chi connectivity index (χ1v) is 10.7. The van der Waals surface area contributed by atoms with Crippen molar-refractivity contribution in [3.63, 3.8) is 0 Å². The summed E-state index contributed by atoms with van der Waals surface area (Å²) in [7, 11) is 1.78. The molecule has 0 fully saturated rings. The standard InChI is InChI=1S/C22H32N4OS.HI/c1-16(2)11-21(27)26-19-8-5-7-18(13-19)15-25-22(23-4)24-14-17(3)12-20-9-6-10-28-20;/h5-10,13,16-17H,11-12,14-15H2,1-4H3,(H,26,27)(H2,23,24,25);1H. The monoisotopic (exact) mass is 528 g/mol. The van der Waals surface area contributed by atoms with Gasteiger partial charge in [0.2, 0.25) is 5.91 Å². The second-order valence-electron chi connectivity index (χ2n) is 7.54. The van der Waals surface area contributed by atoms with E-state index in [1.54, 1.807) is 18.4 Å². The van der Waals surface area contributed by atoms with Crippen LogP contribution < -0.4 is 16.0 Å². The summed E-state index contributed by atoms with van der Waals surface area (Å²) in [4.78, 5) is 17.7. The number of carbonyl (C=O) groups is 1. The highest BCUT2D eigenvalue weighted by Gasteiger charge is 2.08. The second-order valence-corrected chi connectivity index (χ2v) is 8.57. The molecule has 0 saturated carbocycles. The molecule has 2 aromatic rings. The van der Waals surface area contributed by atoms with Crippen molar-refractivity contribution in [2.45, 2.75) is 40.2 Å². The molecular formula is C22H33IN4OS. The van der Waals surface area contributed by atoms with Crippen LogP contribution in [-0.2, 0) is 17.8 Å². The molecule has 1 aromatic carbocycles. The lowest BCUT2D eigenvalue weighted by molar-refractivity contribution is -0.116. The zero-order valence-electron chi connectivity index (χ0n) is 17.7. The van der Waals surface area contributed by atoms with Crippen LogP contribution in [0.3, 0.4) is 0 Å². The van der Waals surface area contributed by atoms with Gasteiger partial charge in [0, 0.05) is 37.1 Å². The van der Waals surface area contributed by atoms with E-state index in [4.69, 9.17) is 0 Å². The van der Waals surface area contributed by atoms with Crippen LogP contribution in [0.2, 0.25) is 0 Å². The topological polar surface area (TPSA) is 65.5 Å². The molecule has 29 heavy (non-hydrogen) atoms. The summed E-state index contributed by atoms with van der Waals surface area (Å²) in [5, 5.41) is 11.8. The quantitative estimate of drug-likeness (QED) is 0.247. The van der Waals surface area contributed by atoms with Crippen LogP contribution >= 0.6 is 35.3 Å². The highest BCUT2D eigenvalue weighted by molar-refractivity contribution is 14.0. The molecule has 1 aromatic heterocycles. The number of benzene rings is 1. The lowest BCUT2D eigenvalue weighted by Gasteiger charge is -2.16. The zero-order chi connectivity index (χ0) is 20.4. The number of amides is 1. The van der Waals surface area contributed by atoms with Crippen LogP contribution in [0.15, 0.2) is 46.8 Å². The van der Waals surface area contributed by atoms with Gasteiger partial charge in [-0.05, 0) is 47.4 Å². The number of nitrogens with one attached hydrogen (secondary N) is 3. The molecule has 0 aliphatic rings. The fourth-order valence-corrected chi connectivity index (χ4v) is 3.73. The number of rotatable bonds is 9. The van der Waals surface area contributed by atoms with Crippen molar-refractivity contribution in [3.05, 3.63) is 52.2 Å². The van der Waals surface area contributed by atoms with E-state index in [0.717, 1.165) is 30.2 Å². The van der Waals surface area contributed by atoms with Crippen LogP contribution in [0.1, 0.15) is 37.6 Å². The van der Waals surface area contributed by atoms with E-state index in [-0.39, 0.29) is 29.9 Å². The van der Waals surface area contributed by atoms with Gasteiger partial charge in [-0.1, -0.05) is 39.0 Å². The summed E-state index contributed by atoms with van der Waals surface area (Å²) in [6.07, 6.45) is 1.60. The first-order valence-electron chi connectivity index (χ1n) is 9.82. The van der Waals surface area contributed by atoms with E-state index < -0.39 is 0 Å². The van der Waals surface area contributed by atoms with Gasteiger partial charge in [0.25, 0.3) is 0 Å². The Morgan fingerprint density at radius 2 is 1.93 bits per heavy atom. The minimum Gasteiger partial charge on any atom is -0.356 e. The van der Waals surface area contributed by atoms with E-state index >= 15 is 0 Å². The summed E-state index contributed by atoms with van der Waals surface area (Å²) in [5.41, 5.74) is 1.93. The third-order valence-corrected chi connectivity index (χ3v) is 5.13. The van der Waals surface area contributed by atoms with E-state index in [2.05, 4.69) is 45.4 Å². The Morgan fingerprint density at radius 1 is 1.14 bits per heavy atom. The first kappa shape index (κ1) is 25.4. The highest BCUT2D eigenvalue weighted by atomic mass is 127. The third kappa shape index (κ3) is 10.1. The number of anilines is 1. The Labute approximate surface area is 195 Å². The smallest absolute Gasteiger partial charge is 0.224 e. The van der Waals surface area contributed by atoms with Crippen molar-refractivity contribution in [1.29, 1.82) is 0 Å². The highest BCUT2D eigenvalue weighted by Crippen LogP contribution is 2.14. The SMILES string of the molecule is CN=C(NCc1cccc(NC(=O)CC(C)C)c1)NCC(C)Cc1cccs1.I. The normalized spacial score (nSPS) is 12.2. The number of aliphatic imine (C=N–C) groups is 1. The molecule has 1 heterocycles. The Kier molecular flexibility index (Phi) is 11.9. The van der Waals surface area contributed by atoms with E-state index in [9.17, 15) is 4.79 Å². The van der Waals surface area contributed by atoms with E-state index in [1.807, 2.05) is 38.1 Å². The van der Waals surface area contributed by atoms with E-state index in [0.29, 0.717) is 24.8 Å². The zero-order valence-corrected chi connectivity index (χ0v) is 20.8. The maximum absolute atomic E-state index is 12.0. The number of thiophene rings is 1. The molecule has 0 bridgehead atoms. The molecule has 7 heteroatoms. The van der Waals surface area contributed by atoms with Crippen molar-refractivity contribution < 1.29 is 4.79 Å². The largest absolute Gasteiger partial charge is 0.356 e. The number of carbonyl (C=O) groups excluding carboxylic acids is 1. The Hall–Kier alpha value is -1.61. The van der Waals surface area contributed by atoms with Gasteiger partial charge in [-0.25, -0.2) is 0 Å². The predicted molar refractivity (Wildman–Crippen MR) is 135 cm³/mol. The third-order valence-electron chi connectivity index (χ3n) is 4.24.